The summed E-state index contributed by atoms with van der Waals surface area (Å²) in [6.45, 7) is 2.25. The Kier molecular flexibility index (Phi) is 3.45. The summed E-state index contributed by atoms with van der Waals surface area (Å²) >= 11 is 0. The number of rotatable bonds is 3. The van der Waals surface area contributed by atoms with Crippen LogP contribution in [0.2, 0.25) is 0 Å². The van der Waals surface area contributed by atoms with Crippen molar-refractivity contribution in [1.82, 2.24) is 4.90 Å². The van der Waals surface area contributed by atoms with Crippen LogP contribution in [0.4, 0.5) is 0 Å². The lowest BCUT2D eigenvalue weighted by Gasteiger charge is -2.20. The van der Waals surface area contributed by atoms with Crippen molar-refractivity contribution < 1.29 is 0 Å². The van der Waals surface area contributed by atoms with Crippen LogP contribution in [0.3, 0.4) is 0 Å². The zero-order valence-corrected chi connectivity index (χ0v) is 10.5. The molecule has 86 valence electrons. The minimum absolute atomic E-state index is 0.571. The van der Waals surface area contributed by atoms with Gasteiger partial charge in [-0.3, -0.25) is 0 Å². The van der Waals surface area contributed by atoms with Crippen molar-refractivity contribution in [3.63, 3.8) is 0 Å². The number of aryl methyl sites for hydroxylation is 1. The number of likely N-dealkylation sites (N-methyl/N-ethyl adjacent to an activating group) is 1. The molecule has 0 radical (unpaired) electrons. The predicted molar refractivity (Wildman–Crippen MR) is 70.5 cm³/mol. The van der Waals surface area contributed by atoms with E-state index in [1.54, 1.807) is 0 Å². The van der Waals surface area contributed by atoms with E-state index in [2.05, 4.69) is 56.3 Å². The SMILES string of the molecule is CCC(/C=C1\CCc2ccccc21)N(C)C. The summed E-state index contributed by atoms with van der Waals surface area (Å²) < 4.78 is 0. The van der Waals surface area contributed by atoms with Crippen molar-refractivity contribution in [2.45, 2.75) is 32.2 Å². The van der Waals surface area contributed by atoms with E-state index in [4.69, 9.17) is 0 Å². The molecule has 1 unspecified atom stereocenters. The highest BCUT2D eigenvalue weighted by atomic mass is 15.1. The van der Waals surface area contributed by atoms with Crippen LogP contribution in [0.15, 0.2) is 30.3 Å². The Morgan fingerprint density at radius 3 is 2.69 bits per heavy atom. The van der Waals surface area contributed by atoms with Crippen LogP contribution in [0.1, 0.15) is 30.9 Å². The van der Waals surface area contributed by atoms with Crippen LogP contribution in [-0.4, -0.2) is 25.0 Å². The molecule has 0 aromatic heterocycles. The lowest BCUT2D eigenvalue weighted by molar-refractivity contribution is 0.336. The predicted octanol–water partition coefficient (Wildman–Crippen LogP) is 3.36. The van der Waals surface area contributed by atoms with Crippen LogP contribution in [0.5, 0.6) is 0 Å². The zero-order chi connectivity index (χ0) is 11.5. The van der Waals surface area contributed by atoms with Crippen molar-refractivity contribution in [3.05, 3.63) is 41.5 Å². The first-order valence-electron chi connectivity index (χ1n) is 6.17. The highest BCUT2D eigenvalue weighted by Crippen LogP contribution is 2.32. The van der Waals surface area contributed by atoms with Gasteiger partial charge in [0.05, 0.1) is 0 Å². The minimum Gasteiger partial charge on any atom is -0.303 e. The molecule has 0 amide bonds. The summed E-state index contributed by atoms with van der Waals surface area (Å²) in [7, 11) is 4.32. The molecule has 1 heteroatoms. The third-order valence-electron chi connectivity index (χ3n) is 3.50. The Hall–Kier alpha value is -1.08. The van der Waals surface area contributed by atoms with Gasteiger partial charge in [0.25, 0.3) is 0 Å². The first kappa shape index (κ1) is 11.4. The average Bonchev–Trinajstić information content (AvgIpc) is 2.69. The number of allylic oxidation sites excluding steroid dienone is 1. The molecule has 1 aromatic rings. The molecule has 1 aromatic carbocycles. The summed E-state index contributed by atoms with van der Waals surface area (Å²) in [6.07, 6.45) is 6.06. The summed E-state index contributed by atoms with van der Waals surface area (Å²) in [6, 6.07) is 9.38. The molecule has 0 saturated heterocycles. The van der Waals surface area contributed by atoms with Gasteiger partial charge in [0.15, 0.2) is 0 Å². The van der Waals surface area contributed by atoms with Crippen molar-refractivity contribution in [2.75, 3.05) is 14.1 Å². The topological polar surface area (TPSA) is 3.24 Å². The lowest BCUT2D eigenvalue weighted by Crippen LogP contribution is -2.25. The summed E-state index contributed by atoms with van der Waals surface area (Å²) in [5, 5.41) is 0. The van der Waals surface area contributed by atoms with E-state index in [9.17, 15) is 0 Å². The van der Waals surface area contributed by atoms with Crippen molar-refractivity contribution in [1.29, 1.82) is 0 Å². The van der Waals surface area contributed by atoms with Crippen molar-refractivity contribution >= 4 is 5.57 Å². The average molecular weight is 215 g/mol. The third-order valence-corrected chi connectivity index (χ3v) is 3.50. The van der Waals surface area contributed by atoms with Gasteiger partial charge in [-0.1, -0.05) is 37.3 Å². The first-order chi connectivity index (χ1) is 7.72. The maximum atomic E-state index is 2.45. The standard InChI is InChI=1S/C15H21N/c1-4-14(16(2)3)11-13-10-9-12-7-5-6-8-15(12)13/h5-8,11,14H,4,9-10H2,1-3H3/b13-11+. The molecule has 0 aliphatic heterocycles. The summed E-state index contributed by atoms with van der Waals surface area (Å²) in [4.78, 5) is 2.30. The highest BCUT2D eigenvalue weighted by molar-refractivity contribution is 5.72. The highest BCUT2D eigenvalue weighted by Gasteiger charge is 2.16. The lowest BCUT2D eigenvalue weighted by atomic mass is 10.0. The van der Waals surface area contributed by atoms with E-state index < -0.39 is 0 Å². The molecule has 0 heterocycles. The summed E-state index contributed by atoms with van der Waals surface area (Å²) in [5.74, 6) is 0. The quantitative estimate of drug-likeness (QED) is 0.747. The molecule has 0 spiro atoms. The van der Waals surface area contributed by atoms with Crippen LogP contribution >= 0.6 is 0 Å². The molecule has 0 N–H and O–H groups in total. The Morgan fingerprint density at radius 2 is 2.00 bits per heavy atom. The number of benzene rings is 1. The first-order valence-corrected chi connectivity index (χ1v) is 6.17. The van der Waals surface area contributed by atoms with Gasteiger partial charge in [-0.25, -0.2) is 0 Å². The molecule has 1 aliphatic carbocycles. The monoisotopic (exact) mass is 215 g/mol. The van der Waals surface area contributed by atoms with E-state index in [-0.39, 0.29) is 0 Å². The summed E-state index contributed by atoms with van der Waals surface area (Å²) in [5.41, 5.74) is 4.53. The van der Waals surface area contributed by atoms with Crippen LogP contribution in [0, 0.1) is 0 Å². The molecule has 1 nitrogen and oxygen atoms in total. The second-order valence-corrected chi connectivity index (χ2v) is 4.79. The number of hydrogen-bond donors (Lipinski definition) is 0. The van der Waals surface area contributed by atoms with E-state index in [0.29, 0.717) is 6.04 Å². The second-order valence-electron chi connectivity index (χ2n) is 4.79. The van der Waals surface area contributed by atoms with Crippen molar-refractivity contribution in [3.8, 4) is 0 Å². The minimum atomic E-state index is 0.571. The van der Waals surface area contributed by atoms with Crippen LogP contribution < -0.4 is 0 Å². The molecule has 16 heavy (non-hydrogen) atoms. The normalized spacial score (nSPS) is 19.1. The molecular weight excluding hydrogens is 194 g/mol. The maximum absolute atomic E-state index is 2.45. The molecule has 1 atom stereocenters. The smallest absolute Gasteiger partial charge is 0.0275 e. The Morgan fingerprint density at radius 1 is 1.25 bits per heavy atom. The van der Waals surface area contributed by atoms with E-state index in [1.165, 1.54) is 36.0 Å². The van der Waals surface area contributed by atoms with Crippen LogP contribution in [0.25, 0.3) is 5.57 Å². The molecule has 0 fully saturated rings. The molecule has 2 rings (SSSR count). The largest absolute Gasteiger partial charge is 0.303 e. The third kappa shape index (κ3) is 2.19. The Bertz CT molecular complexity index is 390. The van der Waals surface area contributed by atoms with Crippen molar-refractivity contribution in [2.24, 2.45) is 0 Å². The number of nitrogens with zero attached hydrogens (tertiary/aromatic N) is 1. The van der Waals surface area contributed by atoms with Gasteiger partial charge >= 0.3 is 0 Å². The van der Waals surface area contributed by atoms with Gasteiger partial charge in [0, 0.05) is 6.04 Å². The Labute approximate surface area is 98.8 Å². The number of hydrogen-bond acceptors (Lipinski definition) is 1. The fourth-order valence-corrected chi connectivity index (χ4v) is 2.49. The molecule has 0 bridgehead atoms. The molecule has 0 saturated carbocycles. The van der Waals surface area contributed by atoms with Gasteiger partial charge in [-0.05, 0) is 50.1 Å². The maximum Gasteiger partial charge on any atom is 0.0275 e. The van der Waals surface area contributed by atoms with Gasteiger partial charge in [0.2, 0.25) is 0 Å². The zero-order valence-electron chi connectivity index (χ0n) is 10.5. The second kappa shape index (κ2) is 4.84. The van der Waals surface area contributed by atoms with E-state index >= 15 is 0 Å². The fourth-order valence-electron chi connectivity index (χ4n) is 2.49. The van der Waals surface area contributed by atoms with E-state index in [0.717, 1.165) is 0 Å². The van der Waals surface area contributed by atoms with Gasteiger partial charge < -0.3 is 4.90 Å². The Balaban J connectivity index is 2.27. The molecule has 1 aliphatic rings. The van der Waals surface area contributed by atoms with Gasteiger partial charge in [-0.15, -0.1) is 0 Å². The van der Waals surface area contributed by atoms with Gasteiger partial charge in [0.1, 0.15) is 0 Å². The fraction of sp³-hybridized carbons (Fsp3) is 0.467. The van der Waals surface area contributed by atoms with Crippen LogP contribution in [-0.2, 0) is 6.42 Å². The van der Waals surface area contributed by atoms with E-state index in [1.807, 2.05) is 0 Å². The number of fused-ring (bicyclic) bond motifs is 1. The van der Waals surface area contributed by atoms with Gasteiger partial charge in [-0.2, -0.15) is 0 Å². The molecular formula is C15H21N.